The number of alkyl halides is 3. The quantitative estimate of drug-likeness (QED) is 0.703. The summed E-state index contributed by atoms with van der Waals surface area (Å²) in [6.45, 7) is 2.42. The van der Waals surface area contributed by atoms with Crippen molar-refractivity contribution in [3.05, 3.63) is 53.6 Å². The van der Waals surface area contributed by atoms with Gasteiger partial charge in [0.15, 0.2) is 0 Å². The first kappa shape index (κ1) is 23.1. The molecular formula is C23H24F3N3O4. The zero-order valence-corrected chi connectivity index (χ0v) is 17.8. The Morgan fingerprint density at radius 2 is 1.79 bits per heavy atom. The topological polar surface area (TPSA) is 79.9 Å². The van der Waals surface area contributed by atoms with Gasteiger partial charge >= 0.3 is 6.18 Å². The molecule has 7 nitrogen and oxygen atoms in total. The van der Waals surface area contributed by atoms with Crippen LogP contribution < -0.4 is 15.5 Å². The van der Waals surface area contributed by atoms with Crippen molar-refractivity contribution < 1.29 is 32.2 Å². The van der Waals surface area contributed by atoms with Crippen LogP contribution in [0.1, 0.15) is 28.8 Å². The van der Waals surface area contributed by atoms with Gasteiger partial charge in [-0.15, -0.1) is 0 Å². The Bertz CT molecular complexity index is 1020. The van der Waals surface area contributed by atoms with E-state index in [-0.39, 0.29) is 17.2 Å². The van der Waals surface area contributed by atoms with Gasteiger partial charge in [0.05, 0.1) is 30.2 Å². The largest absolute Gasteiger partial charge is 0.416 e. The van der Waals surface area contributed by atoms with Crippen LogP contribution in [0.3, 0.4) is 0 Å². The number of rotatable bonds is 5. The minimum atomic E-state index is -4.55. The molecule has 0 aromatic heterocycles. The maximum atomic E-state index is 13.3. The summed E-state index contributed by atoms with van der Waals surface area (Å²) < 4.78 is 50.6. The molecule has 0 spiro atoms. The van der Waals surface area contributed by atoms with Crippen LogP contribution in [0.5, 0.6) is 0 Å². The number of carbonyl (C=O) groups excluding carboxylic acids is 2. The van der Waals surface area contributed by atoms with Gasteiger partial charge < -0.3 is 25.0 Å². The molecule has 2 aliphatic rings. The van der Waals surface area contributed by atoms with Crippen molar-refractivity contribution in [2.24, 2.45) is 0 Å². The summed E-state index contributed by atoms with van der Waals surface area (Å²) in [6.07, 6.45) is -3.63. The van der Waals surface area contributed by atoms with Crippen molar-refractivity contribution in [1.29, 1.82) is 0 Å². The SMILES string of the molecule is O=C(Nc1cc(C(F)(F)F)ccc1N1CCOCC1)c1cccc(NC(=O)C2CCCO2)c1. The summed E-state index contributed by atoms with van der Waals surface area (Å²) in [6, 6.07) is 9.53. The molecule has 2 N–H and O–H groups in total. The Labute approximate surface area is 188 Å². The number of morpholine rings is 1. The van der Waals surface area contributed by atoms with Gasteiger partial charge in [-0.25, -0.2) is 0 Å². The first-order valence-electron chi connectivity index (χ1n) is 10.7. The molecule has 1 unspecified atom stereocenters. The molecule has 4 rings (SSSR count). The maximum Gasteiger partial charge on any atom is 0.416 e. The number of nitrogens with one attached hydrogen (secondary N) is 2. The summed E-state index contributed by atoms with van der Waals surface area (Å²) in [5, 5.41) is 5.33. The molecule has 0 radical (unpaired) electrons. The second-order valence-corrected chi connectivity index (χ2v) is 7.85. The van der Waals surface area contributed by atoms with E-state index >= 15 is 0 Å². The summed E-state index contributed by atoms with van der Waals surface area (Å²) in [5.41, 5.74) is 0.298. The number of amides is 2. The van der Waals surface area contributed by atoms with E-state index in [2.05, 4.69) is 10.6 Å². The molecule has 176 valence electrons. The van der Waals surface area contributed by atoms with Gasteiger partial charge in [0.25, 0.3) is 11.8 Å². The molecule has 10 heteroatoms. The van der Waals surface area contributed by atoms with E-state index in [1.807, 2.05) is 4.90 Å². The summed E-state index contributed by atoms with van der Waals surface area (Å²) in [7, 11) is 0. The number of hydrogen-bond donors (Lipinski definition) is 2. The smallest absolute Gasteiger partial charge is 0.378 e. The average molecular weight is 463 g/mol. The zero-order valence-electron chi connectivity index (χ0n) is 17.8. The highest BCUT2D eigenvalue weighted by Gasteiger charge is 2.32. The minimum Gasteiger partial charge on any atom is -0.378 e. The van der Waals surface area contributed by atoms with Crippen LogP contribution in [0.15, 0.2) is 42.5 Å². The van der Waals surface area contributed by atoms with E-state index in [9.17, 15) is 22.8 Å². The van der Waals surface area contributed by atoms with Crippen LogP contribution in [0.4, 0.5) is 30.2 Å². The van der Waals surface area contributed by atoms with Crippen LogP contribution >= 0.6 is 0 Å². The standard InChI is InChI=1S/C23H24F3N3O4/c24-23(25,26)16-6-7-19(29-8-11-32-12-9-29)18(14-16)28-21(30)15-3-1-4-17(13-15)27-22(31)20-5-2-10-33-20/h1,3-4,6-7,13-14,20H,2,5,8-12H2,(H,27,31)(H,28,30). The summed E-state index contributed by atoms with van der Waals surface area (Å²) >= 11 is 0. The van der Waals surface area contributed by atoms with Crippen molar-refractivity contribution in [1.82, 2.24) is 0 Å². The van der Waals surface area contributed by atoms with Gasteiger partial charge in [-0.2, -0.15) is 13.2 Å². The van der Waals surface area contributed by atoms with Crippen LogP contribution in [0.2, 0.25) is 0 Å². The second-order valence-electron chi connectivity index (χ2n) is 7.85. The third-order valence-electron chi connectivity index (χ3n) is 5.54. The van der Waals surface area contributed by atoms with Crippen molar-refractivity contribution >= 4 is 28.9 Å². The average Bonchev–Trinajstić information content (AvgIpc) is 3.34. The molecule has 2 aromatic rings. The molecule has 0 saturated carbocycles. The van der Waals surface area contributed by atoms with Crippen LogP contribution in [0.25, 0.3) is 0 Å². The van der Waals surface area contributed by atoms with E-state index < -0.39 is 23.8 Å². The lowest BCUT2D eigenvalue weighted by Gasteiger charge is -2.31. The number of ether oxygens (including phenoxy) is 2. The number of anilines is 3. The Balaban J connectivity index is 1.55. The highest BCUT2D eigenvalue weighted by Crippen LogP contribution is 2.36. The molecule has 0 bridgehead atoms. The fourth-order valence-corrected chi connectivity index (χ4v) is 3.83. The number of benzene rings is 2. The molecule has 2 heterocycles. The summed E-state index contributed by atoms with van der Waals surface area (Å²) in [4.78, 5) is 27.1. The predicted molar refractivity (Wildman–Crippen MR) is 116 cm³/mol. The Hall–Kier alpha value is -3.11. The van der Waals surface area contributed by atoms with E-state index in [0.29, 0.717) is 50.7 Å². The zero-order chi connectivity index (χ0) is 23.4. The molecule has 2 fully saturated rings. The first-order valence-corrected chi connectivity index (χ1v) is 10.7. The molecule has 2 amide bonds. The van der Waals surface area contributed by atoms with Gasteiger partial charge in [-0.1, -0.05) is 6.07 Å². The van der Waals surface area contributed by atoms with Gasteiger partial charge in [-0.05, 0) is 49.2 Å². The number of nitrogens with zero attached hydrogens (tertiary/aromatic N) is 1. The number of hydrogen-bond acceptors (Lipinski definition) is 5. The lowest BCUT2D eigenvalue weighted by Crippen LogP contribution is -2.36. The number of carbonyl (C=O) groups is 2. The van der Waals surface area contributed by atoms with Gasteiger partial charge in [0.1, 0.15) is 6.10 Å². The molecule has 33 heavy (non-hydrogen) atoms. The lowest BCUT2D eigenvalue weighted by atomic mass is 10.1. The molecule has 0 aliphatic carbocycles. The van der Waals surface area contributed by atoms with Crippen molar-refractivity contribution in [3.63, 3.8) is 0 Å². The second kappa shape index (κ2) is 9.80. The normalized spacial score (nSPS) is 18.8. The monoisotopic (exact) mass is 463 g/mol. The Morgan fingerprint density at radius 3 is 2.48 bits per heavy atom. The van der Waals surface area contributed by atoms with Crippen molar-refractivity contribution in [3.8, 4) is 0 Å². The van der Waals surface area contributed by atoms with Crippen LogP contribution in [-0.4, -0.2) is 50.8 Å². The minimum absolute atomic E-state index is 0.0607. The first-order chi connectivity index (χ1) is 15.8. The van der Waals surface area contributed by atoms with E-state index in [0.717, 1.165) is 18.6 Å². The third-order valence-corrected chi connectivity index (χ3v) is 5.54. The Kier molecular flexibility index (Phi) is 6.85. The maximum absolute atomic E-state index is 13.3. The van der Waals surface area contributed by atoms with Crippen molar-refractivity contribution in [2.75, 3.05) is 48.4 Å². The Morgan fingerprint density at radius 1 is 1.00 bits per heavy atom. The van der Waals surface area contributed by atoms with E-state index in [1.165, 1.54) is 18.2 Å². The molecule has 2 saturated heterocycles. The van der Waals surface area contributed by atoms with Crippen molar-refractivity contribution in [2.45, 2.75) is 25.1 Å². The molecule has 2 aliphatic heterocycles. The molecule has 1 atom stereocenters. The van der Waals surface area contributed by atoms with E-state index in [1.54, 1.807) is 12.1 Å². The lowest BCUT2D eigenvalue weighted by molar-refractivity contribution is -0.137. The summed E-state index contributed by atoms with van der Waals surface area (Å²) in [5.74, 6) is -0.880. The van der Waals surface area contributed by atoms with Gasteiger partial charge in [0, 0.05) is 30.9 Å². The number of halogens is 3. The van der Waals surface area contributed by atoms with Gasteiger partial charge in [-0.3, -0.25) is 9.59 Å². The predicted octanol–water partition coefficient (Wildman–Crippen LogP) is 3.91. The van der Waals surface area contributed by atoms with Crippen LogP contribution in [-0.2, 0) is 20.4 Å². The van der Waals surface area contributed by atoms with Crippen LogP contribution in [0, 0.1) is 0 Å². The fourth-order valence-electron chi connectivity index (χ4n) is 3.83. The highest BCUT2D eigenvalue weighted by molar-refractivity contribution is 6.07. The van der Waals surface area contributed by atoms with Gasteiger partial charge in [0.2, 0.25) is 0 Å². The third kappa shape index (κ3) is 5.63. The molecule has 2 aromatic carbocycles. The highest BCUT2D eigenvalue weighted by atomic mass is 19.4. The molecular weight excluding hydrogens is 439 g/mol. The fraction of sp³-hybridized carbons (Fsp3) is 0.391. The van der Waals surface area contributed by atoms with E-state index in [4.69, 9.17) is 9.47 Å².